The molecule has 0 saturated carbocycles. The highest BCUT2D eigenvalue weighted by Gasteiger charge is 1.94. The average Bonchev–Trinajstić information content (AvgIpc) is 2.37. The molecule has 0 fully saturated rings. The van der Waals surface area contributed by atoms with Crippen LogP contribution in [-0.4, -0.2) is 17.2 Å². The van der Waals surface area contributed by atoms with Gasteiger partial charge in [0.25, 0.3) is 0 Å². The molecule has 0 bridgehead atoms. The summed E-state index contributed by atoms with van der Waals surface area (Å²) in [5.41, 5.74) is 0. The number of aromatic nitrogens is 1. The highest BCUT2D eigenvalue weighted by atomic mass is 32.1. The molecule has 0 spiro atoms. The SMILES string of the molecule is CNc1ncc(N=C=S)s1. The topological polar surface area (TPSA) is 37.3 Å². The Morgan fingerprint density at radius 3 is 3.20 bits per heavy atom. The first kappa shape index (κ1) is 7.34. The molecule has 1 N–H and O–H groups in total. The first-order valence-corrected chi connectivity index (χ1v) is 3.80. The Morgan fingerprint density at radius 2 is 2.70 bits per heavy atom. The van der Waals surface area contributed by atoms with Gasteiger partial charge in [-0.15, -0.1) is 0 Å². The summed E-state index contributed by atoms with van der Waals surface area (Å²) in [4.78, 5) is 7.74. The molecular weight excluding hydrogens is 166 g/mol. The predicted molar refractivity (Wildman–Crippen MR) is 46.3 cm³/mol. The van der Waals surface area contributed by atoms with Gasteiger partial charge >= 0.3 is 0 Å². The molecule has 5 heteroatoms. The summed E-state index contributed by atoms with van der Waals surface area (Å²) in [5.74, 6) is 0. The van der Waals surface area contributed by atoms with E-state index in [1.165, 1.54) is 11.3 Å². The van der Waals surface area contributed by atoms with Gasteiger partial charge in [0.2, 0.25) is 0 Å². The molecule has 0 aromatic carbocycles. The van der Waals surface area contributed by atoms with E-state index in [1.807, 2.05) is 7.05 Å². The third kappa shape index (κ3) is 1.60. The van der Waals surface area contributed by atoms with Crippen LogP contribution in [-0.2, 0) is 0 Å². The molecule has 10 heavy (non-hydrogen) atoms. The van der Waals surface area contributed by atoms with E-state index in [9.17, 15) is 0 Å². The van der Waals surface area contributed by atoms with Gasteiger partial charge in [-0.25, -0.2) is 4.98 Å². The number of aliphatic imine (C=N–C) groups is 1. The van der Waals surface area contributed by atoms with E-state index in [1.54, 1.807) is 6.20 Å². The summed E-state index contributed by atoms with van der Waals surface area (Å²) in [7, 11) is 1.81. The second kappa shape index (κ2) is 3.41. The van der Waals surface area contributed by atoms with Crippen molar-refractivity contribution in [3.63, 3.8) is 0 Å². The number of anilines is 1. The maximum atomic E-state index is 4.42. The average molecular weight is 171 g/mol. The zero-order valence-electron chi connectivity index (χ0n) is 5.29. The van der Waals surface area contributed by atoms with E-state index in [0.29, 0.717) is 0 Å². The molecule has 1 aromatic rings. The van der Waals surface area contributed by atoms with Crippen LogP contribution >= 0.6 is 23.6 Å². The lowest BCUT2D eigenvalue weighted by atomic mass is 10.9. The van der Waals surface area contributed by atoms with Gasteiger partial charge in [-0.1, -0.05) is 11.3 Å². The van der Waals surface area contributed by atoms with Crippen molar-refractivity contribution in [3.05, 3.63) is 6.20 Å². The molecule has 0 amide bonds. The number of hydrogen-bond donors (Lipinski definition) is 1. The Balaban J connectivity index is 2.87. The number of thiocarbonyl (C=S) groups is 1. The van der Waals surface area contributed by atoms with Crippen LogP contribution in [0.2, 0.25) is 0 Å². The van der Waals surface area contributed by atoms with Crippen molar-refractivity contribution in [1.29, 1.82) is 0 Å². The van der Waals surface area contributed by atoms with Crippen LogP contribution in [0.4, 0.5) is 10.1 Å². The smallest absolute Gasteiger partial charge is 0.184 e. The van der Waals surface area contributed by atoms with Gasteiger partial charge in [-0.3, -0.25) is 0 Å². The highest BCUT2D eigenvalue weighted by Crippen LogP contribution is 2.24. The molecule has 0 saturated heterocycles. The lowest BCUT2D eigenvalue weighted by Crippen LogP contribution is -1.83. The van der Waals surface area contributed by atoms with Crippen molar-refractivity contribution in [2.75, 3.05) is 12.4 Å². The molecule has 0 aliphatic heterocycles. The van der Waals surface area contributed by atoms with Gasteiger partial charge in [0, 0.05) is 7.05 Å². The summed E-state index contributed by atoms with van der Waals surface area (Å²) in [6.07, 6.45) is 1.65. The normalized spacial score (nSPS) is 8.50. The van der Waals surface area contributed by atoms with Crippen LogP contribution < -0.4 is 5.32 Å². The zero-order valence-corrected chi connectivity index (χ0v) is 6.92. The Kier molecular flexibility index (Phi) is 2.50. The summed E-state index contributed by atoms with van der Waals surface area (Å²) in [5, 5.41) is 6.78. The number of nitrogens with one attached hydrogen (secondary N) is 1. The quantitative estimate of drug-likeness (QED) is 0.545. The van der Waals surface area contributed by atoms with E-state index in [4.69, 9.17) is 0 Å². The summed E-state index contributed by atoms with van der Waals surface area (Å²) in [6.45, 7) is 0. The molecule has 1 rings (SSSR count). The number of isothiocyanates is 1. The summed E-state index contributed by atoms with van der Waals surface area (Å²) in [6, 6.07) is 0. The first-order valence-electron chi connectivity index (χ1n) is 2.58. The number of nitrogens with zero attached hydrogens (tertiary/aromatic N) is 2. The summed E-state index contributed by atoms with van der Waals surface area (Å²) >= 11 is 5.86. The third-order valence-corrected chi connectivity index (χ3v) is 1.86. The van der Waals surface area contributed by atoms with Gasteiger partial charge in [0.05, 0.1) is 11.4 Å². The minimum Gasteiger partial charge on any atom is -0.365 e. The van der Waals surface area contributed by atoms with E-state index in [-0.39, 0.29) is 0 Å². The van der Waals surface area contributed by atoms with Gasteiger partial charge in [0.15, 0.2) is 5.13 Å². The molecule has 0 atom stereocenters. The molecule has 0 radical (unpaired) electrons. The lowest BCUT2D eigenvalue weighted by molar-refractivity contribution is 1.36. The number of rotatable bonds is 2. The Labute approximate surface area is 67.8 Å². The standard InChI is InChI=1S/C5H5N3S2/c1-6-5-7-2-4(10-5)8-3-9/h2H,1H3,(H,6,7). The maximum absolute atomic E-state index is 4.42. The molecule has 0 aliphatic carbocycles. The van der Waals surface area contributed by atoms with Crippen LogP contribution in [0.1, 0.15) is 0 Å². The van der Waals surface area contributed by atoms with E-state index in [2.05, 4.69) is 32.7 Å². The third-order valence-electron chi connectivity index (χ3n) is 0.863. The first-order chi connectivity index (χ1) is 4.86. The van der Waals surface area contributed by atoms with E-state index < -0.39 is 0 Å². The monoisotopic (exact) mass is 171 g/mol. The predicted octanol–water partition coefficient (Wildman–Crippen LogP) is 1.92. The van der Waals surface area contributed by atoms with Crippen LogP contribution in [0.15, 0.2) is 11.2 Å². The van der Waals surface area contributed by atoms with Crippen molar-refractivity contribution in [1.82, 2.24) is 4.98 Å². The second-order valence-corrected chi connectivity index (χ2v) is 2.65. The van der Waals surface area contributed by atoms with Crippen molar-refractivity contribution in [2.24, 2.45) is 4.99 Å². The molecule has 0 aliphatic rings. The van der Waals surface area contributed by atoms with Gasteiger partial charge in [-0.05, 0) is 12.2 Å². The van der Waals surface area contributed by atoms with Crippen LogP contribution in [0, 0.1) is 0 Å². The van der Waals surface area contributed by atoms with Crippen molar-refractivity contribution < 1.29 is 0 Å². The van der Waals surface area contributed by atoms with Gasteiger partial charge in [-0.2, -0.15) is 4.99 Å². The second-order valence-electron chi connectivity index (χ2n) is 1.46. The Morgan fingerprint density at radius 1 is 1.90 bits per heavy atom. The Hall–Kier alpha value is -0.770. The van der Waals surface area contributed by atoms with E-state index in [0.717, 1.165) is 10.1 Å². The van der Waals surface area contributed by atoms with E-state index >= 15 is 0 Å². The number of thiazole rings is 1. The minimum absolute atomic E-state index is 0.777. The van der Waals surface area contributed by atoms with Crippen LogP contribution in [0.25, 0.3) is 0 Å². The fourth-order valence-electron chi connectivity index (χ4n) is 0.478. The van der Waals surface area contributed by atoms with Crippen LogP contribution in [0.5, 0.6) is 0 Å². The molecule has 1 aromatic heterocycles. The zero-order chi connectivity index (χ0) is 7.40. The van der Waals surface area contributed by atoms with Gasteiger partial charge in [0.1, 0.15) is 5.00 Å². The molecule has 52 valence electrons. The minimum atomic E-state index is 0.777. The molecule has 1 heterocycles. The fraction of sp³-hybridized carbons (Fsp3) is 0.200. The van der Waals surface area contributed by atoms with Crippen LogP contribution in [0.3, 0.4) is 0 Å². The van der Waals surface area contributed by atoms with Crippen molar-refractivity contribution in [3.8, 4) is 0 Å². The fourth-order valence-corrected chi connectivity index (χ4v) is 1.24. The van der Waals surface area contributed by atoms with Crippen molar-refractivity contribution in [2.45, 2.75) is 0 Å². The van der Waals surface area contributed by atoms with Crippen molar-refractivity contribution >= 4 is 38.8 Å². The highest BCUT2D eigenvalue weighted by molar-refractivity contribution is 7.78. The Bertz CT molecular complexity index is 262. The largest absolute Gasteiger partial charge is 0.365 e. The molecule has 3 nitrogen and oxygen atoms in total. The van der Waals surface area contributed by atoms with Gasteiger partial charge < -0.3 is 5.32 Å². The maximum Gasteiger partial charge on any atom is 0.184 e. The molecular formula is C5H5N3S2. The number of hydrogen-bond acceptors (Lipinski definition) is 5. The lowest BCUT2D eigenvalue weighted by Gasteiger charge is -1.84. The molecule has 0 unspecified atom stereocenters. The summed E-state index contributed by atoms with van der Waals surface area (Å²) < 4.78 is 0.